The van der Waals surface area contributed by atoms with E-state index in [4.69, 9.17) is 4.74 Å². The van der Waals surface area contributed by atoms with Gasteiger partial charge in [-0.3, -0.25) is 0 Å². The topological polar surface area (TPSA) is 26.3 Å². The molecule has 0 heterocycles. The van der Waals surface area contributed by atoms with Gasteiger partial charge < -0.3 is 4.74 Å². The van der Waals surface area contributed by atoms with E-state index in [0.717, 1.165) is 6.07 Å². The molecule has 2 rings (SSSR count). The minimum atomic E-state index is -0.912. The Bertz CT molecular complexity index is 551. The highest BCUT2D eigenvalue weighted by Gasteiger charge is 2.41. The molecule has 4 heteroatoms. The van der Waals surface area contributed by atoms with E-state index in [0.29, 0.717) is 36.0 Å². The molecule has 0 saturated heterocycles. The lowest BCUT2D eigenvalue weighted by Crippen LogP contribution is -2.29. The second kappa shape index (κ2) is 4.76. The number of benzene rings is 1. The average molecular weight is 266 g/mol. The predicted octanol–water partition coefficient (Wildman–Crippen LogP) is 3.64. The van der Waals surface area contributed by atoms with Gasteiger partial charge in [0.15, 0.2) is 11.6 Å². The monoisotopic (exact) mass is 266 g/mol. The molecule has 0 amide bonds. The lowest BCUT2D eigenvalue weighted by molar-refractivity contribution is -0.156. The van der Waals surface area contributed by atoms with Crippen molar-refractivity contribution in [1.29, 1.82) is 0 Å². The van der Waals surface area contributed by atoms with Crippen LogP contribution in [0.3, 0.4) is 0 Å². The van der Waals surface area contributed by atoms with Gasteiger partial charge in [-0.2, -0.15) is 0 Å². The van der Waals surface area contributed by atoms with Crippen molar-refractivity contribution in [2.24, 2.45) is 0 Å². The van der Waals surface area contributed by atoms with Crippen molar-refractivity contribution in [3.8, 4) is 0 Å². The highest BCUT2D eigenvalue weighted by atomic mass is 19.2. The van der Waals surface area contributed by atoms with E-state index in [1.165, 1.54) is 6.07 Å². The molecule has 1 aliphatic carbocycles. The normalized spacial score (nSPS) is 21.1. The number of rotatable bonds is 3. The van der Waals surface area contributed by atoms with E-state index in [-0.39, 0.29) is 0 Å². The van der Waals surface area contributed by atoms with Crippen molar-refractivity contribution < 1.29 is 18.3 Å². The third-order valence-electron chi connectivity index (χ3n) is 3.64. The molecular weight excluding hydrogens is 250 g/mol. The van der Waals surface area contributed by atoms with Crippen LogP contribution in [-0.4, -0.2) is 5.97 Å². The molecule has 0 aliphatic heterocycles. The van der Waals surface area contributed by atoms with E-state index in [1.807, 2.05) is 6.92 Å². The van der Waals surface area contributed by atoms with Gasteiger partial charge in [-0.15, -0.1) is 0 Å². The predicted molar refractivity (Wildman–Crippen MR) is 67.6 cm³/mol. The van der Waals surface area contributed by atoms with Gasteiger partial charge in [0.2, 0.25) is 0 Å². The molecule has 1 atom stereocenters. The fraction of sp³-hybridized carbons (Fsp3) is 0.400. The quantitative estimate of drug-likeness (QED) is 0.616. The van der Waals surface area contributed by atoms with Crippen molar-refractivity contribution in [3.05, 3.63) is 47.0 Å². The molecule has 0 N–H and O–H groups in total. The molecule has 0 bridgehead atoms. The van der Waals surface area contributed by atoms with Gasteiger partial charge in [0.25, 0.3) is 0 Å². The summed E-state index contributed by atoms with van der Waals surface area (Å²) in [7, 11) is 0. The van der Waals surface area contributed by atoms with Gasteiger partial charge in [-0.05, 0) is 43.9 Å². The number of carbonyl (C=O) groups is 1. The molecule has 0 saturated carbocycles. The van der Waals surface area contributed by atoms with Crippen LogP contribution in [0.4, 0.5) is 8.78 Å². The second-order valence-electron chi connectivity index (χ2n) is 4.94. The van der Waals surface area contributed by atoms with Crippen LogP contribution in [0.15, 0.2) is 24.3 Å². The summed E-state index contributed by atoms with van der Waals surface area (Å²) < 4.78 is 32.1. The zero-order valence-corrected chi connectivity index (χ0v) is 11.1. The van der Waals surface area contributed by atoms with E-state index >= 15 is 0 Å². The highest BCUT2D eigenvalue weighted by molar-refractivity contribution is 5.87. The maximum absolute atomic E-state index is 13.4. The molecule has 2 nitrogen and oxygen atoms in total. The maximum atomic E-state index is 13.4. The van der Waals surface area contributed by atoms with Crippen molar-refractivity contribution in [1.82, 2.24) is 0 Å². The molecule has 1 unspecified atom stereocenters. The summed E-state index contributed by atoms with van der Waals surface area (Å²) in [5.74, 6) is -2.28. The third kappa shape index (κ3) is 2.27. The van der Waals surface area contributed by atoms with Gasteiger partial charge in [-0.25, -0.2) is 13.6 Å². The summed E-state index contributed by atoms with van der Waals surface area (Å²) in [5.41, 5.74) is 0.711. The van der Waals surface area contributed by atoms with Gasteiger partial charge >= 0.3 is 5.97 Å². The summed E-state index contributed by atoms with van der Waals surface area (Å²) in [5, 5.41) is 0. The van der Waals surface area contributed by atoms with Gasteiger partial charge in [-0.1, -0.05) is 13.5 Å². The van der Waals surface area contributed by atoms with Crippen LogP contribution < -0.4 is 0 Å². The Hall–Kier alpha value is -1.71. The van der Waals surface area contributed by atoms with Crippen LogP contribution in [0.2, 0.25) is 0 Å². The van der Waals surface area contributed by atoms with Crippen LogP contribution in [0.25, 0.3) is 0 Å². The zero-order valence-electron chi connectivity index (χ0n) is 11.1. The number of halogens is 2. The molecule has 1 aliphatic rings. The van der Waals surface area contributed by atoms with Gasteiger partial charge in [0.1, 0.15) is 5.60 Å². The Morgan fingerprint density at radius 2 is 2.05 bits per heavy atom. The summed E-state index contributed by atoms with van der Waals surface area (Å²) in [6.07, 6.45) is 1.63. The Balaban J connectivity index is 2.44. The number of esters is 1. The van der Waals surface area contributed by atoms with E-state index < -0.39 is 23.2 Å². The van der Waals surface area contributed by atoms with Crippen LogP contribution >= 0.6 is 0 Å². The van der Waals surface area contributed by atoms with E-state index in [9.17, 15) is 13.6 Å². The van der Waals surface area contributed by atoms with Crippen molar-refractivity contribution >= 4 is 5.97 Å². The molecule has 0 fully saturated rings. The van der Waals surface area contributed by atoms with Gasteiger partial charge in [0.05, 0.1) is 0 Å². The molecule has 102 valence electrons. The van der Waals surface area contributed by atoms with Crippen LogP contribution in [-0.2, 0) is 21.6 Å². The average Bonchev–Trinajstić information content (AvgIpc) is 2.69. The van der Waals surface area contributed by atoms with Crippen LogP contribution in [0.5, 0.6) is 0 Å². The Morgan fingerprint density at radius 1 is 1.42 bits per heavy atom. The summed E-state index contributed by atoms with van der Waals surface area (Å²) in [4.78, 5) is 11.7. The molecule has 0 spiro atoms. The lowest BCUT2D eigenvalue weighted by Gasteiger charge is -2.29. The lowest BCUT2D eigenvalue weighted by atomic mass is 9.92. The summed E-state index contributed by atoms with van der Waals surface area (Å²) >= 11 is 0. The van der Waals surface area contributed by atoms with Gasteiger partial charge in [0, 0.05) is 11.1 Å². The summed E-state index contributed by atoms with van der Waals surface area (Å²) in [6, 6.07) is 2.34. The molecule has 1 aromatic rings. The number of carbonyl (C=O) groups excluding carboxylic acids is 1. The summed E-state index contributed by atoms with van der Waals surface area (Å²) in [6.45, 7) is 6.97. The fourth-order valence-electron chi connectivity index (χ4n) is 2.50. The Morgan fingerprint density at radius 3 is 2.63 bits per heavy atom. The molecule has 19 heavy (non-hydrogen) atoms. The SMILES string of the molecule is C=C(C)C(=O)OC1(CC)CCc2cc(F)c(F)cc21. The minimum Gasteiger partial charge on any atom is -0.451 e. The third-order valence-corrected chi connectivity index (χ3v) is 3.64. The number of hydrogen-bond donors (Lipinski definition) is 0. The zero-order chi connectivity index (χ0) is 14.2. The highest BCUT2D eigenvalue weighted by Crippen LogP contribution is 2.43. The minimum absolute atomic E-state index is 0.295. The van der Waals surface area contributed by atoms with Crippen molar-refractivity contribution in [2.75, 3.05) is 0 Å². The van der Waals surface area contributed by atoms with Crippen LogP contribution in [0.1, 0.15) is 37.8 Å². The fourth-order valence-corrected chi connectivity index (χ4v) is 2.50. The van der Waals surface area contributed by atoms with E-state index in [1.54, 1.807) is 6.92 Å². The number of ether oxygens (including phenoxy) is 1. The largest absolute Gasteiger partial charge is 0.451 e. The number of hydrogen-bond acceptors (Lipinski definition) is 2. The molecule has 0 aromatic heterocycles. The second-order valence-corrected chi connectivity index (χ2v) is 4.94. The van der Waals surface area contributed by atoms with Crippen LogP contribution in [0, 0.1) is 11.6 Å². The number of aryl methyl sites for hydroxylation is 1. The first-order valence-corrected chi connectivity index (χ1v) is 6.27. The van der Waals surface area contributed by atoms with E-state index in [2.05, 4.69) is 6.58 Å². The number of fused-ring (bicyclic) bond motifs is 1. The smallest absolute Gasteiger partial charge is 0.333 e. The first kappa shape index (κ1) is 13.7. The maximum Gasteiger partial charge on any atom is 0.333 e. The first-order chi connectivity index (χ1) is 8.89. The van der Waals surface area contributed by atoms with Crippen molar-refractivity contribution in [3.63, 3.8) is 0 Å². The van der Waals surface area contributed by atoms with Crippen molar-refractivity contribution in [2.45, 2.75) is 38.7 Å². The molecular formula is C15H16F2O2. The Kier molecular flexibility index (Phi) is 3.43. The molecule has 1 aromatic carbocycles. The first-order valence-electron chi connectivity index (χ1n) is 6.27. The standard InChI is InChI=1S/C15H16F2O2/c1-4-15(19-14(18)9(2)3)6-5-10-7-12(16)13(17)8-11(10)15/h7-8H,2,4-6H2,1,3H3. The molecule has 0 radical (unpaired) electrons. The Labute approximate surface area is 111 Å².